The molecular formula is C57H66F5N7O7. The molecule has 76 heavy (non-hydrogen) atoms. The molecule has 0 bridgehead atoms. The van der Waals surface area contributed by atoms with Crippen molar-refractivity contribution in [3.05, 3.63) is 137 Å². The van der Waals surface area contributed by atoms with Crippen molar-refractivity contribution in [1.82, 2.24) is 31.5 Å². The summed E-state index contributed by atoms with van der Waals surface area (Å²) in [5, 5.41) is 18.1. The van der Waals surface area contributed by atoms with E-state index < -0.39 is 76.4 Å². The SMILES string of the molecule is CN[C@@H](C)C(=O)N[C@H](C(=O)N1CC(NC(=O)CCCCCCCCC(=O)NCc2cccc(CNC(=O)c3ccc4c(Oc5ccc(C(F)(F)F)cc5)cccc4c3)c2)C[C@H]1C(=O)Nc1c(F)cccc1F)C(C)(C)C. The van der Waals surface area contributed by atoms with Gasteiger partial charge in [0.25, 0.3) is 5.91 Å². The Morgan fingerprint density at radius 3 is 1.96 bits per heavy atom. The van der Waals surface area contributed by atoms with E-state index in [2.05, 4.69) is 31.9 Å². The second-order valence-corrected chi connectivity index (χ2v) is 20.1. The Kier molecular flexibility index (Phi) is 20.1. The molecule has 14 nitrogen and oxygen atoms in total. The number of carbonyl (C=O) groups excluding carboxylic acids is 6. The van der Waals surface area contributed by atoms with Gasteiger partial charge in [-0.25, -0.2) is 8.78 Å². The number of hydrogen-bond acceptors (Lipinski definition) is 8. The number of rotatable bonds is 23. The molecule has 0 spiro atoms. The molecule has 5 aromatic carbocycles. The summed E-state index contributed by atoms with van der Waals surface area (Å²) in [5.41, 5.74) is -0.109. The monoisotopic (exact) mass is 1060 g/mol. The standard InChI is InChI=1S/C57H66F5N7O7/c1-35(63-5)52(72)68-51(56(2,3)4)55(75)69-34-41(31-46(69)54(74)67-50-44(58)18-14-19-45(50)59)66-49(71)22-11-9-7-6-8-10-21-48(70)64-32-36-15-12-16-37(29-36)33-65-53(73)39-23-28-43-38(30-39)17-13-20-47(43)76-42-26-24-40(25-27-42)57(60,61)62/h12-20,23-30,35,41,46,51,63H,6-11,21-22,31-34H2,1-5H3,(H,64,70)(H,65,73)(H,66,71)(H,67,74)(H,68,72)/t35-,41?,46-,51+/m0/s1. The van der Waals surface area contributed by atoms with Gasteiger partial charge in [0.1, 0.15) is 40.9 Å². The van der Waals surface area contributed by atoms with Crippen molar-refractivity contribution < 1.29 is 55.5 Å². The Morgan fingerprint density at radius 2 is 1.33 bits per heavy atom. The quantitative estimate of drug-likeness (QED) is 0.0276. The lowest BCUT2D eigenvalue weighted by Gasteiger charge is -2.36. The lowest BCUT2D eigenvalue weighted by Crippen LogP contribution is -2.59. The Morgan fingerprint density at radius 1 is 0.724 bits per heavy atom. The van der Waals surface area contributed by atoms with Crippen molar-refractivity contribution in [2.45, 2.75) is 129 Å². The molecule has 19 heteroatoms. The van der Waals surface area contributed by atoms with Gasteiger partial charge in [0, 0.05) is 49.5 Å². The highest BCUT2D eigenvalue weighted by atomic mass is 19.4. The number of anilines is 1. The Bertz CT molecular complexity index is 2840. The molecule has 406 valence electrons. The number of likely N-dealkylation sites (N-methyl/N-ethyl adjacent to an activating group) is 1. The number of fused-ring (bicyclic) bond motifs is 1. The molecule has 0 aliphatic carbocycles. The van der Waals surface area contributed by atoms with Crippen molar-refractivity contribution in [3.63, 3.8) is 0 Å². The van der Waals surface area contributed by atoms with Crippen molar-refractivity contribution in [2.24, 2.45) is 5.41 Å². The maximum Gasteiger partial charge on any atom is 0.416 e. The van der Waals surface area contributed by atoms with E-state index in [0.29, 0.717) is 47.9 Å². The maximum absolute atomic E-state index is 14.6. The first-order valence-electron chi connectivity index (χ1n) is 25.4. The summed E-state index contributed by atoms with van der Waals surface area (Å²) in [4.78, 5) is 81.0. The number of likely N-dealkylation sites (tertiary alicyclic amines) is 1. The van der Waals surface area contributed by atoms with Crippen LogP contribution < -0.4 is 36.6 Å². The van der Waals surface area contributed by atoms with E-state index in [4.69, 9.17) is 4.74 Å². The summed E-state index contributed by atoms with van der Waals surface area (Å²) in [6.45, 7) is 7.41. The summed E-state index contributed by atoms with van der Waals surface area (Å²) in [7, 11) is 1.60. The molecule has 6 amide bonds. The van der Waals surface area contributed by atoms with Crippen molar-refractivity contribution in [3.8, 4) is 11.5 Å². The number of unbranched alkanes of at least 4 members (excludes halogenated alkanes) is 5. The fraction of sp³-hybridized carbons (Fsp3) is 0.404. The largest absolute Gasteiger partial charge is 0.457 e. The highest BCUT2D eigenvalue weighted by Crippen LogP contribution is 2.34. The highest BCUT2D eigenvalue weighted by Gasteiger charge is 2.46. The normalized spacial score (nSPS) is 15.4. The van der Waals surface area contributed by atoms with Crippen LogP contribution in [0.3, 0.4) is 0 Å². The minimum absolute atomic E-state index is 0.0186. The lowest BCUT2D eigenvalue weighted by atomic mass is 9.85. The molecular weight excluding hydrogens is 990 g/mol. The topological polar surface area (TPSA) is 187 Å². The Labute approximate surface area is 439 Å². The summed E-state index contributed by atoms with van der Waals surface area (Å²) in [5.74, 6) is -3.82. The van der Waals surface area contributed by atoms with E-state index in [1.807, 2.05) is 30.3 Å². The van der Waals surface area contributed by atoms with Crippen LogP contribution >= 0.6 is 0 Å². The summed E-state index contributed by atoms with van der Waals surface area (Å²) in [6.07, 6.45) is 0.628. The van der Waals surface area contributed by atoms with E-state index >= 15 is 0 Å². The lowest BCUT2D eigenvalue weighted by molar-refractivity contribution is -0.143. The molecule has 5 aromatic rings. The van der Waals surface area contributed by atoms with Gasteiger partial charge in [-0.05, 0) is 116 Å². The average Bonchev–Trinajstić information content (AvgIpc) is 3.81. The van der Waals surface area contributed by atoms with E-state index in [-0.39, 0.29) is 49.4 Å². The molecule has 0 aromatic heterocycles. The van der Waals surface area contributed by atoms with Gasteiger partial charge in [-0.2, -0.15) is 13.2 Å². The van der Waals surface area contributed by atoms with Crippen LogP contribution in [0, 0.1) is 17.0 Å². The fourth-order valence-corrected chi connectivity index (χ4v) is 8.79. The Balaban J connectivity index is 0.886. The zero-order valence-corrected chi connectivity index (χ0v) is 43.3. The molecule has 1 heterocycles. The number of benzene rings is 5. The molecule has 4 atom stereocenters. The summed E-state index contributed by atoms with van der Waals surface area (Å²) >= 11 is 0. The zero-order chi connectivity index (χ0) is 55.2. The first-order valence-corrected chi connectivity index (χ1v) is 25.4. The van der Waals surface area contributed by atoms with Gasteiger partial charge in [0.2, 0.25) is 29.5 Å². The molecule has 0 radical (unpaired) electrons. The molecule has 1 aliphatic rings. The number of nitrogens with zero attached hydrogens (tertiary/aromatic N) is 1. The summed E-state index contributed by atoms with van der Waals surface area (Å²) in [6, 6.07) is 21.9. The number of ether oxygens (including phenoxy) is 1. The predicted octanol–water partition coefficient (Wildman–Crippen LogP) is 9.46. The molecule has 6 rings (SSSR count). The van der Waals surface area contributed by atoms with Gasteiger partial charge in [-0.3, -0.25) is 28.8 Å². The van der Waals surface area contributed by atoms with Gasteiger partial charge in [-0.15, -0.1) is 0 Å². The van der Waals surface area contributed by atoms with Gasteiger partial charge in [-0.1, -0.05) is 88.9 Å². The van der Waals surface area contributed by atoms with E-state index in [0.717, 1.165) is 67.1 Å². The van der Waals surface area contributed by atoms with Crippen LogP contribution in [-0.2, 0) is 43.2 Å². The van der Waals surface area contributed by atoms with E-state index in [9.17, 15) is 50.7 Å². The number of nitrogens with one attached hydrogen (secondary N) is 6. The number of carbonyl (C=O) groups is 6. The zero-order valence-electron chi connectivity index (χ0n) is 43.3. The minimum Gasteiger partial charge on any atom is -0.457 e. The van der Waals surface area contributed by atoms with Crippen LogP contribution in [0.4, 0.5) is 27.6 Å². The van der Waals surface area contributed by atoms with Crippen LogP contribution in [0.2, 0.25) is 0 Å². The molecule has 0 saturated carbocycles. The van der Waals surface area contributed by atoms with Crippen molar-refractivity contribution in [1.29, 1.82) is 0 Å². The average molecular weight is 1060 g/mol. The molecule has 1 saturated heterocycles. The number of alkyl halides is 3. The van der Waals surface area contributed by atoms with Gasteiger partial charge in [0.05, 0.1) is 11.6 Å². The van der Waals surface area contributed by atoms with Crippen LogP contribution in [0.5, 0.6) is 11.5 Å². The third-order valence-corrected chi connectivity index (χ3v) is 13.2. The third kappa shape index (κ3) is 16.3. The van der Waals surface area contributed by atoms with Gasteiger partial charge in [0.15, 0.2) is 0 Å². The third-order valence-electron chi connectivity index (χ3n) is 13.2. The van der Waals surface area contributed by atoms with Gasteiger partial charge >= 0.3 is 6.18 Å². The second-order valence-electron chi connectivity index (χ2n) is 20.1. The predicted molar refractivity (Wildman–Crippen MR) is 279 cm³/mol. The van der Waals surface area contributed by atoms with Crippen molar-refractivity contribution in [2.75, 3.05) is 18.9 Å². The maximum atomic E-state index is 14.6. The number of halogens is 5. The van der Waals surface area contributed by atoms with Crippen LogP contribution in [0.25, 0.3) is 10.8 Å². The van der Waals surface area contributed by atoms with Crippen LogP contribution in [0.1, 0.15) is 113 Å². The van der Waals surface area contributed by atoms with Crippen molar-refractivity contribution >= 4 is 51.9 Å². The van der Waals surface area contributed by atoms with Crippen LogP contribution in [-0.4, -0.2) is 78.1 Å². The molecule has 1 aliphatic heterocycles. The highest BCUT2D eigenvalue weighted by molar-refractivity contribution is 6.01. The van der Waals surface area contributed by atoms with Gasteiger partial charge < -0.3 is 41.5 Å². The number of amides is 6. The number of hydrogen-bond donors (Lipinski definition) is 6. The van der Waals surface area contributed by atoms with Crippen LogP contribution in [0.15, 0.2) is 103 Å². The fourth-order valence-electron chi connectivity index (χ4n) is 8.79. The first kappa shape index (κ1) is 57.9. The smallest absolute Gasteiger partial charge is 0.416 e. The number of para-hydroxylation sites is 1. The molecule has 1 fully saturated rings. The first-order chi connectivity index (χ1) is 36.1. The Hall–Kier alpha value is -7.41. The minimum atomic E-state index is -4.46. The second kappa shape index (κ2) is 26.4. The molecule has 6 N–H and O–H groups in total. The molecule has 1 unspecified atom stereocenters. The van der Waals surface area contributed by atoms with E-state index in [1.54, 1.807) is 65.1 Å². The summed E-state index contributed by atoms with van der Waals surface area (Å²) < 4.78 is 74.0. The van der Waals surface area contributed by atoms with E-state index in [1.165, 1.54) is 17.0 Å².